The van der Waals surface area contributed by atoms with E-state index in [9.17, 15) is 28.8 Å². The number of rotatable bonds is 11. The monoisotopic (exact) mass is 638 g/mol. The Morgan fingerprint density at radius 3 is 1.85 bits per heavy atom. The van der Waals surface area contributed by atoms with Crippen molar-refractivity contribution >= 4 is 35.3 Å². The minimum absolute atomic E-state index is 0.270. The zero-order chi connectivity index (χ0) is 34.5. The van der Waals surface area contributed by atoms with Gasteiger partial charge in [0.1, 0.15) is 6.04 Å². The smallest absolute Gasteiger partial charge is 0.289 e. The second-order valence-corrected chi connectivity index (χ2v) is 11.1. The normalized spacial score (nSPS) is 13.1. The van der Waals surface area contributed by atoms with E-state index in [0.29, 0.717) is 24.7 Å². The predicted molar refractivity (Wildman–Crippen MR) is 178 cm³/mol. The first kappa shape index (κ1) is 39.4. The average molecular weight is 639 g/mol. The fraction of sp³-hybridized carbons (Fsp3) is 0.471. The topological polar surface area (TPSA) is 157 Å². The number of ketones is 1. The molecule has 0 unspecified atom stereocenters. The maximum Gasteiger partial charge on any atom is 0.289 e. The molecule has 252 valence electrons. The van der Waals surface area contributed by atoms with E-state index in [1.165, 1.54) is 18.9 Å². The molecule has 4 N–H and O–H groups in total. The molecular formula is C34H50N6O6. The third kappa shape index (κ3) is 15.9. The Morgan fingerprint density at radius 2 is 1.35 bits per heavy atom. The number of Topliss-reactive ketones (excluding diaryl/α,β-unsaturated/α-hetero) is 1. The second-order valence-electron chi connectivity index (χ2n) is 11.1. The zero-order valence-corrected chi connectivity index (χ0v) is 27.9. The molecular weight excluding hydrogens is 588 g/mol. The number of carbonyl (C=O) groups is 6. The number of piperidine rings is 1. The molecule has 0 aliphatic carbocycles. The van der Waals surface area contributed by atoms with Crippen molar-refractivity contribution in [1.29, 1.82) is 0 Å². The highest BCUT2D eigenvalue weighted by molar-refractivity contribution is 6.37. The number of nitrogens with zero attached hydrogens (tertiary/aromatic N) is 2. The van der Waals surface area contributed by atoms with Crippen LogP contribution in [0.25, 0.3) is 0 Å². The lowest BCUT2D eigenvalue weighted by atomic mass is 10.0. The second kappa shape index (κ2) is 22.0. The van der Waals surface area contributed by atoms with Crippen molar-refractivity contribution in [2.45, 2.75) is 59.0 Å². The van der Waals surface area contributed by atoms with Gasteiger partial charge in [0.05, 0.1) is 19.6 Å². The number of aryl methyl sites for hydroxylation is 1. The molecule has 1 aliphatic rings. The maximum absolute atomic E-state index is 12.3. The molecule has 12 heteroatoms. The summed E-state index contributed by atoms with van der Waals surface area (Å²) in [5, 5.41) is 9.40. The molecule has 5 amide bonds. The van der Waals surface area contributed by atoms with Crippen molar-refractivity contribution in [3.8, 4) is 0 Å². The molecule has 12 nitrogen and oxygen atoms in total. The van der Waals surface area contributed by atoms with Crippen LogP contribution in [0.2, 0.25) is 0 Å². The number of nitrogens with one attached hydrogen (secondary N) is 4. The number of carbonyl (C=O) groups excluding carboxylic acids is 6. The van der Waals surface area contributed by atoms with Crippen molar-refractivity contribution in [1.82, 2.24) is 31.1 Å². The average Bonchev–Trinajstić information content (AvgIpc) is 3.06. The van der Waals surface area contributed by atoms with Crippen molar-refractivity contribution in [2.24, 2.45) is 0 Å². The third-order valence-corrected chi connectivity index (χ3v) is 6.78. The fourth-order valence-electron chi connectivity index (χ4n) is 4.14. The number of benzene rings is 2. The van der Waals surface area contributed by atoms with Crippen molar-refractivity contribution in [3.63, 3.8) is 0 Å². The van der Waals surface area contributed by atoms with E-state index in [-0.39, 0.29) is 19.0 Å². The van der Waals surface area contributed by atoms with Gasteiger partial charge in [-0.25, -0.2) is 0 Å². The molecule has 0 saturated carbocycles. The van der Waals surface area contributed by atoms with Crippen LogP contribution in [0.1, 0.15) is 56.0 Å². The van der Waals surface area contributed by atoms with Crippen molar-refractivity contribution in [2.75, 3.05) is 46.8 Å². The minimum atomic E-state index is -1.01. The van der Waals surface area contributed by atoms with Crippen molar-refractivity contribution < 1.29 is 28.8 Å². The molecule has 1 heterocycles. The Bertz CT molecular complexity index is 1250. The van der Waals surface area contributed by atoms with Gasteiger partial charge in [0.25, 0.3) is 11.8 Å². The van der Waals surface area contributed by atoms with E-state index in [0.717, 1.165) is 12.8 Å². The molecule has 2 aromatic carbocycles. The molecule has 1 aliphatic heterocycles. The summed E-state index contributed by atoms with van der Waals surface area (Å²) in [6.07, 6.45) is 2.93. The number of amides is 5. The van der Waals surface area contributed by atoms with Crippen LogP contribution >= 0.6 is 0 Å². The first-order valence-corrected chi connectivity index (χ1v) is 15.6. The van der Waals surface area contributed by atoms with Gasteiger partial charge in [-0.3, -0.25) is 28.8 Å². The Hall–Kier alpha value is -4.58. The summed E-state index contributed by atoms with van der Waals surface area (Å²) in [6.45, 7) is 7.68. The summed E-state index contributed by atoms with van der Waals surface area (Å²) in [5.74, 6) is -3.88. The molecule has 0 aromatic heterocycles. The van der Waals surface area contributed by atoms with Gasteiger partial charge in [-0.05, 0) is 52.9 Å². The summed E-state index contributed by atoms with van der Waals surface area (Å²) in [6, 6.07) is 18.0. The molecule has 3 rings (SSSR count). The number of hydrogen-bond donors (Lipinski definition) is 4. The molecule has 1 saturated heterocycles. The largest absolute Gasteiger partial charge is 0.347 e. The van der Waals surface area contributed by atoms with Gasteiger partial charge in [0.15, 0.2) is 0 Å². The molecule has 2 aromatic rings. The molecule has 46 heavy (non-hydrogen) atoms. The fourth-order valence-corrected chi connectivity index (χ4v) is 4.14. The molecule has 1 fully saturated rings. The molecule has 1 atom stereocenters. The van der Waals surface area contributed by atoms with Gasteiger partial charge >= 0.3 is 0 Å². The van der Waals surface area contributed by atoms with Gasteiger partial charge in [-0.1, -0.05) is 74.4 Å². The van der Waals surface area contributed by atoms with Crippen LogP contribution in [0.3, 0.4) is 0 Å². The van der Waals surface area contributed by atoms with Crippen LogP contribution in [-0.4, -0.2) is 104 Å². The van der Waals surface area contributed by atoms with Gasteiger partial charge in [0, 0.05) is 24.7 Å². The molecule has 0 spiro atoms. The predicted octanol–water partition coefficient (Wildman–Crippen LogP) is 1.69. The van der Waals surface area contributed by atoms with Crippen LogP contribution in [0.15, 0.2) is 60.7 Å². The highest BCUT2D eigenvalue weighted by atomic mass is 16.2. The maximum atomic E-state index is 12.3. The Morgan fingerprint density at radius 1 is 0.804 bits per heavy atom. The minimum Gasteiger partial charge on any atom is -0.347 e. The Labute approximate surface area is 272 Å². The van der Waals surface area contributed by atoms with E-state index in [4.69, 9.17) is 0 Å². The van der Waals surface area contributed by atoms with Crippen LogP contribution in [0.4, 0.5) is 0 Å². The van der Waals surface area contributed by atoms with E-state index >= 15 is 0 Å². The van der Waals surface area contributed by atoms with Gasteiger partial charge in [-0.2, -0.15) is 0 Å². The quantitative estimate of drug-likeness (QED) is 0.273. The summed E-state index contributed by atoms with van der Waals surface area (Å²) in [7, 11) is 3.99. The third-order valence-electron chi connectivity index (χ3n) is 6.78. The van der Waals surface area contributed by atoms with E-state index in [2.05, 4.69) is 59.1 Å². The van der Waals surface area contributed by atoms with Crippen molar-refractivity contribution in [3.05, 3.63) is 71.8 Å². The van der Waals surface area contributed by atoms with Crippen LogP contribution in [0.5, 0.6) is 0 Å². The van der Waals surface area contributed by atoms with Crippen LogP contribution in [-0.2, 0) is 24.0 Å². The Balaban J connectivity index is 0.000000903. The van der Waals surface area contributed by atoms with Gasteiger partial charge in [-0.15, -0.1) is 0 Å². The van der Waals surface area contributed by atoms with Crippen LogP contribution < -0.4 is 21.3 Å². The standard InChI is InChI=1S/C24H34N6O6.C7H8.C3H8/c1-16(28-20(32)14-26-23(35)17-7-5-4-6-8-17)22(34)25-13-19(31)24(36)27-15-21(33)30-11-9-18(10-12-30)29(2)3;1-7-5-3-2-4-6-7;1-3-2/h4-8,16,18H,9-15H2,1-3H3,(H,25,34)(H,26,35)(H,27,36)(H,28,32);2-6H,1H3;3H2,1-2H3/t16-;;/m0../s1. The number of hydrogen-bond acceptors (Lipinski definition) is 7. The lowest BCUT2D eigenvalue weighted by molar-refractivity contribution is -0.140. The lowest BCUT2D eigenvalue weighted by Gasteiger charge is -2.35. The van der Waals surface area contributed by atoms with E-state index in [1.54, 1.807) is 35.2 Å². The van der Waals surface area contributed by atoms with Gasteiger partial charge in [0.2, 0.25) is 23.5 Å². The lowest BCUT2D eigenvalue weighted by Crippen LogP contribution is -2.50. The summed E-state index contributed by atoms with van der Waals surface area (Å²) < 4.78 is 0. The van der Waals surface area contributed by atoms with Crippen LogP contribution in [0, 0.1) is 6.92 Å². The van der Waals surface area contributed by atoms with E-state index < -0.39 is 42.0 Å². The highest BCUT2D eigenvalue weighted by Gasteiger charge is 2.25. The van der Waals surface area contributed by atoms with E-state index in [1.807, 2.05) is 32.3 Å². The Kier molecular flexibility index (Phi) is 18.9. The SMILES string of the molecule is CCC.C[C@H](NC(=O)CNC(=O)c1ccccc1)C(=O)NCC(=O)C(=O)NCC(=O)N1CCC(N(C)C)CC1.Cc1ccccc1. The van der Waals surface area contributed by atoms with Gasteiger partial charge < -0.3 is 31.1 Å². The highest BCUT2D eigenvalue weighted by Crippen LogP contribution is 2.13. The first-order valence-electron chi connectivity index (χ1n) is 15.6. The summed E-state index contributed by atoms with van der Waals surface area (Å²) >= 11 is 0. The number of likely N-dealkylation sites (tertiary alicyclic amines) is 1. The molecule has 0 bridgehead atoms. The summed E-state index contributed by atoms with van der Waals surface area (Å²) in [4.78, 5) is 76.2. The summed E-state index contributed by atoms with van der Waals surface area (Å²) in [5.41, 5.74) is 1.71. The first-order chi connectivity index (χ1) is 21.9. The zero-order valence-electron chi connectivity index (χ0n) is 27.9. The molecule has 0 radical (unpaired) electrons.